The second-order valence-corrected chi connectivity index (χ2v) is 7.43. The SMILES string of the molecule is CCCCCCCOC(=O)c1ccc2c(c1)C(=O)N(c1cccc(C(=O)CN)c1)C2=O. The van der Waals surface area contributed by atoms with Gasteiger partial charge >= 0.3 is 5.97 Å². The molecule has 1 aliphatic heterocycles. The van der Waals surface area contributed by atoms with Gasteiger partial charge in [-0.05, 0) is 36.8 Å². The van der Waals surface area contributed by atoms with Crippen molar-refractivity contribution in [1.29, 1.82) is 0 Å². The third-order valence-corrected chi connectivity index (χ3v) is 5.22. The lowest BCUT2D eigenvalue weighted by molar-refractivity contribution is 0.0497. The van der Waals surface area contributed by atoms with E-state index in [1.807, 2.05) is 0 Å². The van der Waals surface area contributed by atoms with Crippen molar-refractivity contribution in [3.8, 4) is 0 Å². The number of imide groups is 1. The monoisotopic (exact) mass is 422 g/mol. The lowest BCUT2D eigenvalue weighted by Gasteiger charge is -2.14. The lowest BCUT2D eigenvalue weighted by Crippen LogP contribution is -2.29. The first-order valence-electron chi connectivity index (χ1n) is 10.5. The summed E-state index contributed by atoms with van der Waals surface area (Å²) in [4.78, 5) is 51.0. The van der Waals surface area contributed by atoms with E-state index in [4.69, 9.17) is 10.5 Å². The minimum absolute atomic E-state index is 0.137. The molecule has 2 amide bonds. The van der Waals surface area contributed by atoms with E-state index in [-0.39, 0.29) is 34.7 Å². The van der Waals surface area contributed by atoms with Crippen molar-refractivity contribution >= 4 is 29.3 Å². The molecule has 7 nitrogen and oxygen atoms in total. The number of Topliss-reactive ketones (excluding diaryl/α,β-unsaturated/α-hetero) is 1. The summed E-state index contributed by atoms with van der Waals surface area (Å²) in [5.74, 6) is -1.87. The normalized spacial score (nSPS) is 12.8. The van der Waals surface area contributed by atoms with Gasteiger partial charge in [-0.3, -0.25) is 14.4 Å². The standard InChI is InChI=1S/C24H26N2O5/c1-2-3-4-5-6-12-31-24(30)17-10-11-19-20(14-17)23(29)26(22(19)28)18-9-7-8-16(13-18)21(27)15-25/h7-11,13-14H,2-6,12,15,25H2,1H3. The molecular weight excluding hydrogens is 396 g/mol. The molecule has 2 aromatic carbocycles. The quantitative estimate of drug-likeness (QED) is 0.270. The Hall–Kier alpha value is -3.32. The maximum absolute atomic E-state index is 12.9. The van der Waals surface area contributed by atoms with Crippen molar-refractivity contribution < 1.29 is 23.9 Å². The summed E-state index contributed by atoms with van der Waals surface area (Å²) >= 11 is 0. The number of amides is 2. The van der Waals surface area contributed by atoms with Crippen molar-refractivity contribution in [2.75, 3.05) is 18.1 Å². The average molecular weight is 422 g/mol. The van der Waals surface area contributed by atoms with Crippen LogP contribution in [0, 0.1) is 0 Å². The summed E-state index contributed by atoms with van der Waals surface area (Å²) in [5, 5.41) is 0. The van der Waals surface area contributed by atoms with E-state index < -0.39 is 17.8 Å². The van der Waals surface area contributed by atoms with E-state index >= 15 is 0 Å². The number of fused-ring (bicyclic) bond motifs is 1. The zero-order valence-electron chi connectivity index (χ0n) is 17.6. The van der Waals surface area contributed by atoms with Gasteiger partial charge in [0.05, 0.1) is 35.5 Å². The number of anilines is 1. The number of carbonyl (C=O) groups excluding carboxylic acids is 4. The number of ketones is 1. The van der Waals surface area contributed by atoms with Gasteiger partial charge < -0.3 is 10.5 Å². The predicted octanol–water partition coefficient (Wildman–Crippen LogP) is 3.76. The number of ether oxygens (including phenoxy) is 1. The van der Waals surface area contributed by atoms with Crippen molar-refractivity contribution in [1.82, 2.24) is 0 Å². The van der Waals surface area contributed by atoms with Gasteiger partial charge in [0.25, 0.3) is 11.8 Å². The fourth-order valence-corrected chi connectivity index (χ4v) is 3.49. The van der Waals surface area contributed by atoms with Crippen molar-refractivity contribution in [3.05, 3.63) is 64.7 Å². The van der Waals surface area contributed by atoms with Crippen LogP contribution in [0.1, 0.15) is 80.5 Å². The highest BCUT2D eigenvalue weighted by Crippen LogP contribution is 2.30. The average Bonchev–Trinajstić information content (AvgIpc) is 3.05. The highest BCUT2D eigenvalue weighted by Gasteiger charge is 2.37. The Kier molecular flexibility index (Phi) is 7.31. The van der Waals surface area contributed by atoms with Gasteiger partial charge in [0.15, 0.2) is 5.78 Å². The predicted molar refractivity (Wildman–Crippen MR) is 116 cm³/mol. The molecule has 0 saturated heterocycles. The van der Waals surface area contributed by atoms with Gasteiger partial charge in [-0.15, -0.1) is 0 Å². The van der Waals surface area contributed by atoms with E-state index in [2.05, 4.69) is 6.92 Å². The number of rotatable bonds is 10. The number of carbonyl (C=O) groups is 4. The molecule has 0 unspecified atom stereocenters. The molecule has 1 heterocycles. The summed E-state index contributed by atoms with van der Waals surface area (Å²) < 4.78 is 5.30. The zero-order chi connectivity index (χ0) is 22.4. The molecule has 2 N–H and O–H groups in total. The Morgan fingerprint density at radius 1 is 0.903 bits per heavy atom. The Bertz CT molecular complexity index is 1010. The van der Waals surface area contributed by atoms with Crippen LogP contribution in [0.25, 0.3) is 0 Å². The minimum atomic E-state index is -0.549. The number of hydrogen-bond acceptors (Lipinski definition) is 6. The molecule has 7 heteroatoms. The number of nitrogens with zero attached hydrogens (tertiary/aromatic N) is 1. The highest BCUT2D eigenvalue weighted by molar-refractivity contribution is 6.34. The van der Waals surface area contributed by atoms with Crippen LogP contribution in [0.2, 0.25) is 0 Å². The zero-order valence-corrected chi connectivity index (χ0v) is 17.6. The number of hydrogen-bond donors (Lipinski definition) is 1. The first kappa shape index (κ1) is 22.4. The third kappa shape index (κ3) is 4.88. The lowest BCUT2D eigenvalue weighted by atomic mass is 10.1. The van der Waals surface area contributed by atoms with Gasteiger partial charge in [0.1, 0.15) is 0 Å². The molecular formula is C24H26N2O5. The molecule has 0 fully saturated rings. The minimum Gasteiger partial charge on any atom is -0.462 e. The maximum atomic E-state index is 12.9. The Balaban J connectivity index is 1.73. The molecule has 1 aliphatic rings. The van der Waals surface area contributed by atoms with E-state index in [1.165, 1.54) is 24.3 Å². The van der Waals surface area contributed by atoms with Crippen molar-refractivity contribution in [3.63, 3.8) is 0 Å². The molecule has 2 aromatic rings. The number of esters is 1. The number of benzene rings is 2. The fourth-order valence-electron chi connectivity index (χ4n) is 3.49. The highest BCUT2D eigenvalue weighted by atomic mass is 16.5. The summed E-state index contributed by atoms with van der Waals surface area (Å²) in [6, 6.07) is 10.5. The molecule has 0 aromatic heterocycles. The van der Waals surface area contributed by atoms with Crippen molar-refractivity contribution in [2.45, 2.75) is 39.0 Å². The van der Waals surface area contributed by atoms with Gasteiger partial charge in [-0.2, -0.15) is 0 Å². The second kappa shape index (κ2) is 10.1. The summed E-state index contributed by atoms with van der Waals surface area (Å²) in [6.45, 7) is 2.29. The third-order valence-electron chi connectivity index (χ3n) is 5.22. The van der Waals surface area contributed by atoms with E-state index in [9.17, 15) is 19.2 Å². The molecule has 3 rings (SSSR count). The molecule has 0 aliphatic carbocycles. The van der Waals surface area contributed by atoms with E-state index in [1.54, 1.807) is 18.2 Å². The van der Waals surface area contributed by atoms with Gasteiger partial charge in [-0.25, -0.2) is 9.69 Å². The van der Waals surface area contributed by atoms with Crippen LogP contribution in [0.15, 0.2) is 42.5 Å². The van der Waals surface area contributed by atoms with Crippen LogP contribution in [-0.4, -0.2) is 36.7 Å². The van der Waals surface area contributed by atoms with Crippen LogP contribution < -0.4 is 10.6 Å². The maximum Gasteiger partial charge on any atom is 0.338 e. The summed E-state index contributed by atoms with van der Waals surface area (Å²) in [7, 11) is 0. The van der Waals surface area contributed by atoms with Crippen LogP contribution in [0.5, 0.6) is 0 Å². The summed E-state index contributed by atoms with van der Waals surface area (Å²) in [6.07, 6.45) is 5.21. The van der Waals surface area contributed by atoms with Gasteiger partial charge in [-0.1, -0.05) is 44.7 Å². The molecule has 0 saturated carbocycles. The summed E-state index contributed by atoms with van der Waals surface area (Å²) in [5.41, 5.74) is 6.57. The first-order chi connectivity index (χ1) is 15.0. The fraction of sp³-hybridized carbons (Fsp3) is 0.333. The molecule has 162 valence electrons. The van der Waals surface area contributed by atoms with E-state index in [0.717, 1.165) is 37.0 Å². The Morgan fingerprint density at radius 2 is 1.65 bits per heavy atom. The van der Waals surface area contributed by atoms with Crippen LogP contribution in [0.3, 0.4) is 0 Å². The van der Waals surface area contributed by atoms with Crippen molar-refractivity contribution in [2.24, 2.45) is 5.73 Å². The molecule has 0 spiro atoms. The molecule has 31 heavy (non-hydrogen) atoms. The second-order valence-electron chi connectivity index (χ2n) is 7.43. The van der Waals surface area contributed by atoms with Gasteiger partial charge in [0.2, 0.25) is 0 Å². The smallest absolute Gasteiger partial charge is 0.338 e. The van der Waals surface area contributed by atoms with Crippen LogP contribution in [-0.2, 0) is 4.74 Å². The Morgan fingerprint density at radius 3 is 2.39 bits per heavy atom. The number of nitrogens with two attached hydrogens (primary N) is 1. The first-order valence-corrected chi connectivity index (χ1v) is 10.5. The molecule has 0 bridgehead atoms. The van der Waals surface area contributed by atoms with Crippen LogP contribution in [0.4, 0.5) is 5.69 Å². The topological polar surface area (TPSA) is 107 Å². The number of unbranched alkanes of at least 4 members (excludes halogenated alkanes) is 4. The Labute approximate surface area is 181 Å². The largest absolute Gasteiger partial charge is 0.462 e. The molecule has 0 radical (unpaired) electrons. The molecule has 0 atom stereocenters. The van der Waals surface area contributed by atoms with Crippen LogP contribution >= 0.6 is 0 Å². The van der Waals surface area contributed by atoms with E-state index in [0.29, 0.717) is 12.2 Å². The van der Waals surface area contributed by atoms with Gasteiger partial charge in [0, 0.05) is 5.56 Å².